The van der Waals surface area contributed by atoms with Gasteiger partial charge >= 0.3 is 0 Å². The summed E-state index contributed by atoms with van der Waals surface area (Å²) in [5.74, 6) is -0.0985. The molecule has 162 valence electrons. The molecule has 0 bridgehead atoms. The Morgan fingerprint density at radius 1 is 0.969 bits per heavy atom. The van der Waals surface area contributed by atoms with E-state index < -0.39 is 0 Å². The molecule has 0 spiro atoms. The predicted octanol–water partition coefficient (Wildman–Crippen LogP) is 5.36. The first kappa shape index (κ1) is 20.7. The molecule has 0 saturated carbocycles. The van der Waals surface area contributed by atoms with Crippen LogP contribution in [0.5, 0.6) is 0 Å². The Balaban J connectivity index is 1.27. The summed E-state index contributed by atoms with van der Waals surface area (Å²) in [4.78, 5) is 23.8. The van der Waals surface area contributed by atoms with Crippen LogP contribution in [0.3, 0.4) is 0 Å². The minimum Gasteiger partial charge on any atom is -0.369 e. The molecule has 0 atom stereocenters. The number of carbonyl (C=O) groups excluding carboxylic acids is 1. The number of pyridine rings is 1. The van der Waals surface area contributed by atoms with Gasteiger partial charge in [-0.1, -0.05) is 37.3 Å². The third kappa shape index (κ3) is 4.38. The maximum atomic E-state index is 12.8. The molecule has 1 aliphatic heterocycles. The maximum absolute atomic E-state index is 12.8. The molecule has 5 nitrogen and oxygen atoms in total. The van der Waals surface area contributed by atoms with Crippen LogP contribution in [0.2, 0.25) is 0 Å². The van der Waals surface area contributed by atoms with E-state index in [1.807, 2.05) is 42.6 Å². The van der Waals surface area contributed by atoms with Crippen LogP contribution in [-0.4, -0.2) is 48.5 Å². The van der Waals surface area contributed by atoms with Gasteiger partial charge in [-0.05, 0) is 48.5 Å². The summed E-state index contributed by atoms with van der Waals surface area (Å²) >= 11 is 1.42. The first-order valence-corrected chi connectivity index (χ1v) is 11.8. The monoisotopic (exact) mass is 442 g/mol. The van der Waals surface area contributed by atoms with Crippen molar-refractivity contribution in [2.75, 3.05) is 42.9 Å². The van der Waals surface area contributed by atoms with Gasteiger partial charge in [0, 0.05) is 54.7 Å². The number of hydrogen-bond acceptors (Lipinski definition) is 5. The quantitative estimate of drug-likeness (QED) is 0.452. The number of amides is 1. The Bertz CT molecular complexity index is 1210. The van der Waals surface area contributed by atoms with Crippen LogP contribution in [0.1, 0.15) is 16.6 Å². The third-order valence-electron chi connectivity index (χ3n) is 6.01. The third-order valence-corrected chi connectivity index (χ3v) is 7.07. The van der Waals surface area contributed by atoms with Gasteiger partial charge in [0.15, 0.2) is 0 Å². The topological polar surface area (TPSA) is 48.5 Å². The summed E-state index contributed by atoms with van der Waals surface area (Å²) in [6, 6.07) is 22.3. The van der Waals surface area contributed by atoms with Gasteiger partial charge in [0.25, 0.3) is 5.91 Å². The van der Waals surface area contributed by atoms with Crippen LogP contribution in [0.15, 0.2) is 72.9 Å². The number of rotatable bonds is 5. The first-order valence-electron chi connectivity index (χ1n) is 11.0. The molecule has 1 saturated heterocycles. The van der Waals surface area contributed by atoms with Crippen molar-refractivity contribution in [3.63, 3.8) is 0 Å². The van der Waals surface area contributed by atoms with Gasteiger partial charge in [-0.15, -0.1) is 11.3 Å². The van der Waals surface area contributed by atoms with Crippen LogP contribution in [-0.2, 0) is 0 Å². The van der Waals surface area contributed by atoms with E-state index in [4.69, 9.17) is 0 Å². The number of fused-ring (bicyclic) bond motifs is 1. The van der Waals surface area contributed by atoms with Crippen molar-refractivity contribution >= 4 is 38.8 Å². The number of thiophene rings is 1. The number of benzene rings is 2. The minimum absolute atomic E-state index is 0.0985. The number of nitrogens with zero attached hydrogens (tertiary/aromatic N) is 3. The highest BCUT2D eigenvalue weighted by Crippen LogP contribution is 2.29. The standard InChI is InChI=1S/C26H26N4OS/c1-2-29-12-14-30(15-13-29)23-10-8-22(9-11-23)28-25(31)24-17-20-16-21(18-27-26(20)32-24)19-6-4-3-5-7-19/h3-11,16-18H,2,12-15H2,1H3,(H,28,31). The minimum atomic E-state index is -0.0985. The summed E-state index contributed by atoms with van der Waals surface area (Å²) in [7, 11) is 0. The molecule has 0 unspecified atom stereocenters. The Labute approximate surface area is 192 Å². The Hall–Kier alpha value is -3.22. The van der Waals surface area contributed by atoms with Crippen molar-refractivity contribution in [2.24, 2.45) is 0 Å². The largest absolute Gasteiger partial charge is 0.369 e. The molecule has 1 amide bonds. The summed E-state index contributed by atoms with van der Waals surface area (Å²) in [5.41, 5.74) is 4.19. The fourth-order valence-corrected chi connectivity index (χ4v) is 4.98. The number of anilines is 2. The number of nitrogens with one attached hydrogen (secondary N) is 1. The zero-order chi connectivity index (χ0) is 21.9. The van der Waals surface area contributed by atoms with Crippen LogP contribution < -0.4 is 10.2 Å². The lowest BCUT2D eigenvalue weighted by Gasteiger charge is -2.35. The van der Waals surface area contributed by atoms with E-state index in [-0.39, 0.29) is 5.91 Å². The van der Waals surface area contributed by atoms with Crippen LogP contribution in [0.25, 0.3) is 21.3 Å². The number of carbonyl (C=O) groups is 1. The maximum Gasteiger partial charge on any atom is 0.265 e. The average Bonchev–Trinajstić information content (AvgIpc) is 3.29. The van der Waals surface area contributed by atoms with Crippen LogP contribution >= 0.6 is 11.3 Å². The number of hydrogen-bond donors (Lipinski definition) is 1. The Kier molecular flexibility index (Phi) is 5.88. The molecule has 32 heavy (non-hydrogen) atoms. The van der Waals surface area contributed by atoms with E-state index in [9.17, 15) is 4.79 Å². The molecule has 4 aromatic rings. The van der Waals surface area contributed by atoms with Crippen LogP contribution in [0.4, 0.5) is 11.4 Å². The lowest BCUT2D eigenvalue weighted by Crippen LogP contribution is -2.46. The van der Waals surface area contributed by atoms with Crippen molar-refractivity contribution in [3.8, 4) is 11.1 Å². The summed E-state index contributed by atoms with van der Waals surface area (Å²) in [6.07, 6.45) is 1.87. The molecule has 5 rings (SSSR count). The van der Waals surface area contributed by atoms with Gasteiger partial charge in [-0.3, -0.25) is 4.79 Å². The van der Waals surface area contributed by atoms with Gasteiger partial charge in [0.05, 0.1) is 4.88 Å². The first-order chi connectivity index (χ1) is 15.7. The van der Waals surface area contributed by atoms with Crippen molar-refractivity contribution in [1.82, 2.24) is 9.88 Å². The van der Waals surface area contributed by atoms with E-state index in [1.54, 1.807) is 0 Å². The normalized spacial score (nSPS) is 14.6. The smallest absolute Gasteiger partial charge is 0.265 e. The highest BCUT2D eigenvalue weighted by molar-refractivity contribution is 7.20. The number of piperazine rings is 1. The average molecular weight is 443 g/mol. The number of likely N-dealkylation sites (N-methyl/N-ethyl adjacent to an activating group) is 1. The molecule has 2 aromatic carbocycles. The van der Waals surface area contributed by atoms with Gasteiger partial charge < -0.3 is 15.1 Å². The fourth-order valence-electron chi connectivity index (χ4n) is 4.10. The fraction of sp³-hybridized carbons (Fsp3) is 0.231. The van der Waals surface area contributed by atoms with Crippen molar-refractivity contribution in [1.29, 1.82) is 0 Å². The van der Waals surface area contributed by atoms with Crippen molar-refractivity contribution in [3.05, 3.63) is 77.8 Å². The molecule has 0 aliphatic carbocycles. The zero-order valence-electron chi connectivity index (χ0n) is 18.1. The molecule has 6 heteroatoms. The Morgan fingerprint density at radius 2 is 1.72 bits per heavy atom. The lowest BCUT2D eigenvalue weighted by atomic mass is 10.1. The second-order valence-corrected chi connectivity index (χ2v) is 9.05. The summed E-state index contributed by atoms with van der Waals surface area (Å²) in [6.45, 7) is 7.60. The molecule has 1 N–H and O–H groups in total. The molecule has 1 fully saturated rings. The molecular weight excluding hydrogens is 416 g/mol. The molecule has 2 aromatic heterocycles. The second kappa shape index (κ2) is 9.10. The van der Waals surface area contributed by atoms with Crippen LogP contribution in [0, 0.1) is 0 Å². The highest BCUT2D eigenvalue weighted by atomic mass is 32.1. The van der Waals surface area contributed by atoms with Gasteiger partial charge in [0.1, 0.15) is 4.83 Å². The van der Waals surface area contributed by atoms with E-state index in [0.29, 0.717) is 4.88 Å². The summed E-state index contributed by atoms with van der Waals surface area (Å²) < 4.78 is 0. The van der Waals surface area contributed by atoms with Gasteiger partial charge in [-0.25, -0.2) is 4.98 Å². The second-order valence-electron chi connectivity index (χ2n) is 8.02. The Morgan fingerprint density at radius 3 is 2.44 bits per heavy atom. The van der Waals surface area contributed by atoms with Crippen molar-refractivity contribution < 1.29 is 4.79 Å². The van der Waals surface area contributed by atoms with E-state index in [0.717, 1.165) is 59.8 Å². The van der Waals surface area contributed by atoms with E-state index in [2.05, 4.69) is 57.4 Å². The predicted molar refractivity (Wildman–Crippen MR) is 134 cm³/mol. The SMILES string of the molecule is CCN1CCN(c2ccc(NC(=O)c3cc4cc(-c5ccccc5)cnc4s3)cc2)CC1. The van der Waals surface area contributed by atoms with E-state index >= 15 is 0 Å². The molecular formula is C26H26N4OS. The highest BCUT2D eigenvalue weighted by Gasteiger charge is 2.16. The van der Waals surface area contributed by atoms with Crippen molar-refractivity contribution in [2.45, 2.75) is 6.92 Å². The summed E-state index contributed by atoms with van der Waals surface area (Å²) in [5, 5.41) is 4.02. The van der Waals surface area contributed by atoms with Gasteiger partial charge in [0.2, 0.25) is 0 Å². The molecule has 1 aliphatic rings. The molecule has 0 radical (unpaired) electrons. The van der Waals surface area contributed by atoms with E-state index in [1.165, 1.54) is 17.0 Å². The molecule has 3 heterocycles. The zero-order valence-corrected chi connectivity index (χ0v) is 18.9. The number of aromatic nitrogens is 1. The lowest BCUT2D eigenvalue weighted by molar-refractivity contribution is 0.103. The van der Waals surface area contributed by atoms with Gasteiger partial charge in [-0.2, -0.15) is 0 Å².